The number of carbonyl (C=O) groups excluding carboxylic acids is 1. The molecule has 0 aliphatic carbocycles. The molecule has 1 aromatic carbocycles. The topological polar surface area (TPSA) is 57.7 Å². The van der Waals surface area contributed by atoms with Crippen LogP contribution in [0.2, 0.25) is 0 Å². The van der Waals surface area contributed by atoms with Crippen molar-refractivity contribution in [3.63, 3.8) is 0 Å². The van der Waals surface area contributed by atoms with Crippen LogP contribution in [-0.4, -0.2) is 49.7 Å². The van der Waals surface area contributed by atoms with Crippen molar-refractivity contribution >= 4 is 31.9 Å². The lowest BCUT2D eigenvalue weighted by atomic mass is 10.2. The van der Waals surface area contributed by atoms with Crippen LogP contribution in [0.5, 0.6) is 0 Å². The average Bonchev–Trinajstić information content (AvgIpc) is 2.72. The molecular formula is C16H23BrN2O3S. The largest absolute Gasteiger partial charge is 0.341 e. The lowest BCUT2D eigenvalue weighted by molar-refractivity contribution is -0.134. The van der Waals surface area contributed by atoms with E-state index in [9.17, 15) is 13.2 Å². The lowest BCUT2D eigenvalue weighted by Gasteiger charge is -2.23. The Morgan fingerprint density at radius 2 is 1.87 bits per heavy atom. The summed E-state index contributed by atoms with van der Waals surface area (Å²) in [7, 11) is -3.55. The van der Waals surface area contributed by atoms with Crippen molar-refractivity contribution in [3.8, 4) is 0 Å². The van der Waals surface area contributed by atoms with Gasteiger partial charge in [0.1, 0.15) is 0 Å². The zero-order chi connectivity index (χ0) is 17.2. The number of nitrogens with zero attached hydrogens (tertiary/aromatic N) is 2. The van der Waals surface area contributed by atoms with E-state index in [1.807, 2.05) is 20.8 Å². The standard InChI is InChI=1S/C16H23BrN2O3S/c1-12(2)16(20)18-7-4-8-19(10-9-18)23(21,22)15-6-5-13(3)11-14(15)17/h5-6,11-12H,4,7-10H2,1-3H3. The SMILES string of the molecule is Cc1ccc(S(=O)(=O)N2CCCN(C(=O)C(C)C)CC2)c(Br)c1. The Morgan fingerprint density at radius 3 is 2.48 bits per heavy atom. The smallest absolute Gasteiger partial charge is 0.244 e. The van der Waals surface area contributed by atoms with E-state index in [1.165, 1.54) is 4.31 Å². The first kappa shape index (κ1) is 18.4. The number of rotatable bonds is 3. The molecule has 1 aromatic rings. The molecule has 1 saturated heterocycles. The van der Waals surface area contributed by atoms with Gasteiger partial charge in [0.2, 0.25) is 15.9 Å². The van der Waals surface area contributed by atoms with Crippen LogP contribution in [0.4, 0.5) is 0 Å². The second kappa shape index (κ2) is 7.32. The van der Waals surface area contributed by atoms with Crippen LogP contribution in [0.25, 0.3) is 0 Å². The molecule has 0 unspecified atom stereocenters. The van der Waals surface area contributed by atoms with Gasteiger partial charge in [-0.3, -0.25) is 4.79 Å². The molecule has 23 heavy (non-hydrogen) atoms. The molecule has 7 heteroatoms. The summed E-state index contributed by atoms with van der Waals surface area (Å²) >= 11 is 3.35. The summed E-state index contributed by atoms with van der Waals surface area (Å²) in [6.45, 7) is 7.47. The summed E-state index contributed by atoms with van der Waals surface area (Å²) in [6.07, 6.45) is 0.654. The van der Waals surface area contributed by atoms with Crippen LogP contribution < -0.4 is 0 Å². The Morgan fingerprint density at radius 1 is 1.17 bits per heavy atom. The van der Waals surface area contributed by atoms with Gasteiger partial charge < -0.3 is 4.90 Å². The number of sulfonamides is 1. The first-order chi connectivity index (χ1) is 10.7. The Labute approximate surface area is 146 Å². The molecule has 2 rings (SSSR count). The van der Waals surface area contributed by atoms with E-state index in [0.29, 0.717) is 37.1 Å². The zero-order valence-corrected chi connectivity index (χ0v) is 16.2. The van der Waals surface area contributed by atoms with Gasteiger partial charge in [-0.05, 0) is 47.0 Å². The predicted octanol–water partition coefficient (Wildman–Crippen LogP) is 2.64. The summed E-state index contributed by atoms with van der Waals surface area (Å²) in [5.74, 6) is 0.0187. The minimum absolute atomic E-state index is 0.0654. The lowest BCUT2D eigenvalue weighted by Crippen LogP contribution is -2.39. The van der Waals surface area contributed by atoms with Crippen molar-refractivity contribution in [3.05, 3.63) is 28.2 Å². The van der Waals surface area contributed by atoms with Gasteiger partial charge in [-0.25, -0.2) is 8.42 Å². The molecule has 1 heterocycles. The van der Waals surface area contributed by atoms with Gasteiger partial charge >= 0.3 is 0 Å². The van der Waals surface area contributed by atoms with Gasteiger partial charge in [-0.15, -0.1) is 0 Å². The molecule has 0 N–H and O–H groups in total. The molecule has 1 amide bonds. The van der Waals surface area contributed by atoms with Crippen molar-refractivity contribution in [2.45, 2.75) is 32.1 Å². The van der Waals surface area contributed by atoms with Crippen LogP contribution in [0.15, 0.2) is 27.6 Å². The summed E-state index contributed by atoms with van der Waals surface area (Å²) in [4.78, 5) is 14.2. The molecule has 0 aromatic heterocycles. The highest BCUT2D eigenvalue weighted by molar-refractivity contribution is 9.10. The maximum atomic E-state index is 12.9. The van der Waals surface area contributed by atoms with Crippen molar-refractivity contribution in [2.24, 2.45) is 5.92 Å². The fourth-order valence-electron chi connectivity index (χ4n) is 2.67. The second-order valence-corrected chi connectivity index (χ2v) is 8.93. The Balaban J connectivity index is 2.20. The highest BCUT2D eigenvalue weighted by Crippen LogP contribution is 2.27. The highest BCUT2D eigenvalue weighted by atomic mass is 79.9. The summed E-state index contributed by atoms with van der Waals surface area (Å²) < 4.78 is 27.8. The first-order valence-corrected chi connectivity index (χ1v) is 10.0. The number of hydrogen-bond acceptors (Lipinski definition) is 3. The molecule has 0 bridgehead atoms. The molecule has 1 aliphatic rings. The first-order valence-electron chi connectivity index (χ1n) is 7.78. The van der Waals surface area contributed by atoms with Crippen LogP contribution in [0, 0.1) is 12.8 Å². The molecule has 5 nitrogen and oxygen atoms in total. The molecule has 0 spiro atoms. The summed E-state index contributed by atoms with van der Waals surface area (Å²) in [5.41, 5.74) is 1.00. The number of hydrogen-bond donors (Lipinski definition) is 0. The fraction of sp³-hybridized carbons (Fsp3) is 0.562. The molecule has 0 saturated carbocycles. The quantitative estimate of drug-likeness (QED) is 0.780. The van der Waals surface area contributed by atoms with Crippen molar-refractivity contribution in [2.75, 3.05) is 26.2 Å². The van der Waals surface area contributed by atoms with Gasteiger partial charge in [0, 0.05) is 36.6 Å². The predicted molar refractivity (Wildman–Crippen MR) is 93.7 cm³/mol. The Hall–Kier alpha value is -0.920. The molecule has 1 fully saturated rings. The van der Waals surface area contributed by atoms with Crippen LogP contribution in [-0.2, 0) is 14.8 Å². The number of carbonyl (C=O) groups is 1. The Kier molecular flexibility index (Phi) is 5.86. The minimum atomic E-state index is -3.55. The second-order valence-electron chi connectivity index (χ2n) is 6.17. The number of halogens is 1. The van der Waals surface area contributed by atoms with Crippen LogP contribution in [0.3, 0.4) is 0 Å². The third kappa shape index (κ3) is 4.14. The highest BCUT2D eigenvalue weighted by Gasteiger charge is 2.30. The number of aryl methyl sites for hydroxylation is 1. The average molecular weight is 403 g/mol. The number of amides is 1. The molecule has 0 atom stereocenters. The van der Waals surface area contributed by atoms with Crippen molar-refractivity contribution in [1.82, 2.24) is 9.21 Å². The van der Waals surface area contributed by atoms with E-state index in [2.05, 4.69) is 15.9 Å². The van der Waals surface area contributed by atoms with E-state index in [1.54, 1.807) is 23.1 Å². The van der Waals surface area contributed by atoms with Gasteiger partial charge in [0.05, 0.1) is 4.90 Å². The summed E-state index contributed by atoms with van der Waals surface area (Å²) in [6, 6.07) is 5.24. The van der Waals surface area contributed by atoms with Gasteiger partial charge in [-0.2, -0.15) is 4.31 Å². The van der Waals surface area contributed by atoms with Gasteiger partial charge in [0.25, 0.3) is 0 Å². The van der Waals surface area contributed by atoms with Gasteiger partial charge in [0.15, 0.2) is 0 Å². The maximum absolute atomic E-state index is 12.9. The van der Waals surface area contributed by atoms with E-state index in [0.717, 1.165) is 5.56 Å². The molecule has 0 radical (unpaired) electrons. The van der Waals surface area contributed by atoms with Crippen LogP contribution in [0.1, 0.15) is 25.8 Å². The van der Waals surface area contributed by atoms with Gasteiger partial charge in [-0.1, -0.05) is 19.9 Å². The molecule has 128 valence electrons. The molecular weight excluding hydrogens is 380 g/mol. The fourth-order valence-corrected chi connectivity index (χ4v) is 5.30. The van der Waals surface area contributed by atoms with Crippen molar-refractivity contribution in [1.29, 1.82) is 0 Å². The van der Waals surface area contributed by atoms with Crippen molar-refractivity contribution < 1.29 is 13.2 Å². The van der Waals surface area contributed by atoms with E-state index >= 15 is 0 Å². The van der Waals surface area contributed by atoms with E-state index in [-0.39, 0.29) is 16.7 Å². The molecule has 1 aliphatic heterocycles. The maximum Gasteiger partial charge on any atom is 0.244 e. The normalized spacial score (nSPS) is 17.3. The Bertz CT molecular complexity index is 689. The van der Waals surface area contributed by atoms with Crippen LogP contribution >= 0.6 is 15.9 Å². The number of benzene rings is 1. The third-order valence-corrected chi connectivity index (χ3v) is 6.84. The van der Waals surface area contributed by atoms with E-state index < -0.39 is 10.0 Å². The third-order valence-electron chi connectivity index (χ3n) is 3.97. The minimum Gasteiger partial charge on any atom is -0.341 e. The monoisotopic (exact) mass is 402 g/mol. The van der Waals surface area contributed by atoms with E-state index in [4.69, 9.17) is 0 Å². The zero-order valence-electron chi connectivity index (χ0n) is 13.8. The summed E-state index contributed by atoms with van der Waals surface area (Å²) in [5, 5.41) is 0.